The fraction of sp³-hybridized carbons (Fsp3) is 0.778. The molecule has 14 heavy (non-hydrogen) atoms. The van der Waals surface area contributed by atoms with E-state index in [-0.39, 0.29) is 50.1 Å². The summed E-state index contributed by atoms with van der Waals surface area (Å²) in [5, 5.41) is 17.2. The molecule has 0 amide bonds. The monoisotopic (exact) mass is 230 g/mol. The SMILES string of the molecule is CC(C)C(C)CC(C(=O)O)C(=O)O.[CaH2]. The van der Waals surface area contributed by atoms with E-state index in [1.54, 1.807) is 0 Å². The molecule has 0 aliphatic carbocycles. The van der Waals surface area contributed by atoms with Gasteiger partial charge in [0.2, 0.25) is 0 Å². The molecular weight excluding hydrogens is 212 g/mol. The van der Waals surface area contributed by atoms with Crippen LogP contribution in [0.3, 0.4) is 0 Å². The molecule has 0 heterocycles. The summed E-state index contributed by atoms with van der Waals surface area (Å²) in [6.07, 6.45) is 0.197. The summed E-state index contributed by atoms with van der Waals surface area (Å²) in [4.78, 5) is 21.0. The second-order valence-electron chi connectivity index (χ2n) is 3.69. The van der Waals surface area contributed by atoms with Gasteiger partial charge in [-0.1, -0.05) is 20.8 Å². The van der Waals surface area contributed by atoms with Gasteiger partial charge in [0.25, 0.3) is 0 Å². The standard InChI is InChI=1S/C9H16O4.Ca.2H/c1-5(2)6(3)4-7(8(10)11)9(12)13;;;/h5-7H,4H2,1-3H3,(H,10,11)(H,12,13);;;. The molecule has 0 spiro atoms. The summed E-state index contributed by atoms with van der Waals surface area (Å²) in [6, 6.07) is 0. The van der Waals surface area contributed by atoms with E-state index in [9.17, 15) is 9.59 Å². The van der Waals surface area contributed by atoms with E-state index in [1.165, 1.54) is 0 Å². The van der Waals surface area contributed by atoms with Crippen molar-refractivity contribution in [2.24, 2.45) is 17.8 Å². The van der Waals surface area contributed by atoms with E-state index in [1.807, 2.05) is 20.8 Å². The van der Waals surface area contributed by atoms with Gasteiger partial charge in [-0.2, -0.15) is 0 Å². The summed E-state index contributed by atoms with van der Waals surface area (Å²) < 4.78 is 0. The Hall–Kier alpha value is 0.200. The molecule has 0 aliphatic rings. The average molecular weight is 230 g/mol. The van der Waals surface area contributed by atoms with Crippen LogP contribution in [0.25, 0.3) is 0 Å². The predicted molar refractivity (Wildman–Crippen MR) is 55.9 cm³/mol. The van der Waals surface area contributed by atoms with E-state index in [0.717, 1.165) is 0 Å². The third kappa shape index (κ3) is 5.83. The van der Waals surface area contributed by atoms with Crippen molar-refractivity contribution in [2.45, 2.75) is 27.2 Å². The van der Waals surface area contributed by atoms with Crippen molar-refractivity contribution in [3.8, 4) is 0 Å². The van der Waals surface area contributed by atoms with E-state index in [4.69, 9.17) is 10.2 Å². The Morgan fingerprint density at radius 3 is 1.64 bits per heavy atom. The zero-order valence-electron chi connectivity index (χ0n) is 8.15. The molecule has 0 rings (SSSR count). The first-order chi connectivity index (χ1) is 5.86. The molecule has 0 fully saturated rings. The quantitative estimate of drug-likeness (QED) is 0.534. The van der Waals surface area contributed by atoms with Gasteiger partial charge >= 0.3 is 49.7 Å². The third-order valence-corrected chi connectivity index (χ3v) is 2.34. The fourth-order valence-corrected chi connectivity index (χ4v) is 0.951. The Kier molecular flexibility index (Phi) is 8.89. The summed E-state index contributed by atoms with van der Waals surface area (Å²) >= 11 is 0. The van der Waals surface area contributed by atoms with E-state index in [0.29, 0.717) is 5.92 Å². The zero-order chi connectivity index (χ0) is 10.6. The van der Waals surface area contributed by atoms with E-state index >= 15 is 0 Å². The average Bonchev–Trinajstić information content (AvgIpc) is 1.97. The molecule has 2 N–H and O–H groups in total. The predicted octanol–water partition coefficient (Wildman–Crippen LogP) is 0.538. The zero-order valence-corrected chi connectivity index (χ0v) is 8.15. The summed E-state index contributed by atoms with van der Waals surface area (Å²) in [6.45, 7) is 5.76. The Balaban J connectivity index is 0. The first kappa shape index (κ1) is 16.6. The minimum atomic E-state index is -1.27. The molecule has 0 aromatic carbocycles. The van der Waals surface area contributed by atoms with Crippen LogP contribution in [0.5, 0.6) is 0 Å². The third-order valence-electron chi connectivity index (χ3n) is 2.34. The first-order valence-electron chi connectivity index (χ1n) is 4.31. The molecule has 1 unspecified atom stereocenters. The molecule has 4 nitrogen and oxygen atoms in total. The summed E-state index contributed by atoms with van der Waals surface area (Å²) in [7, 11) is 0. The number of hydrogen-bond acceptors (Lipinski definition) is 2. The van der Waals surface area contributed by atoms with Crippen LogP contribution < -0.4 is 0 Å². The molecule has 0 saturated heterocycles. The van der Waals surface area contributed by atoms with E-state index < -0.39 is 17.9 Å². The van der Waals surface area contributed by atoms with Crippen LogP contribution in [0.15, 0.2) is 0 Å². The second kappa shape index (κ2) is 7.49. The van der Waals surface area contributed by atoms with Gasteiger partial charge in [-0.15, -0.1) is 0 Å². The Morgan fingerprint density at radius 2 is 1.43 bits per heavy atom. The number of rotatable bonds is 5. The summed E-state index contributed by atoms with van der Waals surface area (Å²) in [5.41, 5.74) is 0. The molecule has 0 radical (unpaired) electrons. The molecule has 0 aromatic rings. The summed E-state index contributed by atoms with van der Waals surface area (Å²) in [5.74, 6) is -3.35. The van der Waals surface area contributed by atoms with Gasteiger partial charge in [-0.05, 0) is 18.3 Å². The van der Waals surface area contributed by atoms with Crippen molar-refractivity contribution >= 4 is 49.7 Å². The van der Waals surface area contributed by atoms with Gasteiger partial charge in [0.05, 0.1) is 0 Å². The van der Waals surface area contributed by atoms with Crippen molar-refractivity contribution in [3.63, 3.8) is 0 Å². The van der Waals surface area contributed by atoms with Gasteiger partial charge in [0.1, 0.15) is 0 Å². The number of hydrogen-bond donors (Lipinski definition) is 2. The molecule has 0 bridgehead atoms. The minimum absolute atomic E-state index is 0. The Labute approximate surface area is 114 Å². The van der Waals surface area contributed by atoms with Gasteiger partial charge in [0, 0.05) is 0 Å². The van der Waals surface area contributed by atoms with Gasteiger partial charge in [-0.3, -0.25) is 9.59 Å². The Morgan fingerprint density at radius 1 is 1.07 bits per heavy atom. The number of carboxylic acids is 2. The van der Waals surface area contributed by atoms with Crippen molar-refractivity contribution in [1.29, 1.82) is 0 Å². The fourth-order valence-electron chi connectivity index (χ4n) is 0.951. The maximum absolute atomic E-state index is 10.5. The molecule has 1 atom stereocenters. The van der Waals surface area contributed by atoms with Crippen molar-refractivity contribution in [2.75, 3.05) is 0 Å². The van der Waals surface area contributed by atoms with Gasteiger partial charge < -0.3 is 10.2 Å². The maximum atomic E-state index is 10.5. The molecule has 5 heteroatoms. The van der Waals surface area contributed by atoms with Gasteiger partial charge in [0.15, 0.2) is 5.92 Å². The van der Waals surface area contributed by atoms with Crippen LogP contribution >= 0.6 is 0 Å². The van der Waals surface area contributed by atoms with Crippen molar-refractivity contribution in [1.82, 2.24) is 0 Å². The normalized spacial score (nSPS) is 12.4. The van der Waals surface area contributed by atoms with Crippen LogP contribution in [0, 0.1) is 17.8 Å². The van der Waals surface area contributed by atoms with Crippen LogP contribution in [-0.2, 0) is 9.59 Å². The second-order valence-corrected chi connectivity index (χ2v) is 3.69. The topological polar surface area (TPSA) is 74.6 Å². The van der Waals surface area contributed by atoms with Crippen LogP contribution in [0.2, 0.25) is 0 Å². The Bertz CT molecular complexity index is 189. The van der Waals surface area contributed by atoms with Crippen LogP contribution in [-0.4, -0.2) is 59.9 Å². The first-order valence-corrected chi connectivity index (χ1v) is 4.31. The molecule has 0 saturated carbocycles. The van der Waals surface area contributed by atoms with Crippen LogP contribution in [0.4, 0.5) is 0 Å². The number of aliphatic carboxylic acids is 2. The number of carbonyl (C=O) groups is 2. The molecule has 80 valence electrons. The molecule has 0 aliphatic heterocycles. The van der Waals surface area contributed by atoms with E-state index in [2.05, 4.69) is 0 Å². The van der Waals surface area contributed by atoms with Crippen molar-refractivity contribution < 1.29 is 19.8 Å². The van der Waals surface area contributed by atoms with Gasteiger partial charge in [-0.25, -0.2) is 0 Å². The number of carboxylic acid groups (broad SMARTS) is 2. The van der Waals surface area contributed by atoms with Crippen LogP contribution in [0.1, 0.15) is 27.2 Å². The van der Waals surface area contributed by atoms with Crippen molar-refractivity contribution in [3.05, 3.63) is 0 Å². The molecular formula is C9H18CaO4. The molecule has 0 aromatic heterocycles.